The summed E-state index contributed by atoms with van der Waals surface area (Å²) < 4.78 is 10.6. The Morgan fingerprint density at radius 3 is 2.53 bits per heavy atom. The first-order valence-corrected chi connectivity index (χ1v) is 7.03. The first-order chi connectivity index (χ1) is 9.04. The summed E-state index contributed by atoms with van der Waals surface area (Å²) in [5.74, 6) is 1.33. The van der Waals surface area contributed by atoms with Gasteiger partial charge in [0.15, 0.2) is 0 Å². The van der Waals surface area contributed by atoms with Crippen LogP contribution in [0.4, 0.5) is 0 Å². The molecule has 0 fully saturated rings. The van der Waals surface area contributed by atoms with Crippen molar-refractivity contribution in [3.05, 3.63) is 51.4 Å². The molecule has 0 amide bonds. The third kappa shape index (κ3) is 3.02. The lowest BCUT2D eigenvalue weighted by Crippen LogP contribution is -1.98. The minimum Gasteiger partial charge on any atom is -0.492 e. The summed E-state index contributed by atoms with van der Waals surface area (Å²) in [5, 5.41) is 0.612. The first-order valence-electron chi connectivity index (χ1n) is 5.84. The van der Waals surface area contributed by atoms with Crippen molar-refractivity contribution in [1.82, 2.24) is 0 Å². The van der Waals surface area contributed by atoms with Crippen LogP contribution in [0, 0.1) is 6.92 Å². The predicted octanol–water partition coefficient (Wildman–Crippen LogP) is 5.62. The molecule has 1 heterocycles. The number of rotatable bonds is 4. The molecule has 0 saturated heterocycles. The van der Waals surface area contributed by atoms with E-state index in [1.807, 2.05) is 19.9 Å². The fourth-order valence-electron chi connectivity index (χ4n) is 1.83. The summed E-state index contributed by atoms with van der Waals surface area (Å²) in [6.45, 7) is 4.27. The fraction of sp³-hybridized carbons (Fsp3) is 0.286. The molecule has 0 radical (unpaired) electrons. The van der Waals surface area contributed by atoms with E-state index >= 15 is 0 Å². The Morgan fingerprint density at radius 2 is 1.95 bits per heavy atom. The van der Waals surface area contributed by atoms with Gasteiger partial charge in [0.2, 0.25) is 0 Å². The molecule has 0 aliphatic carbocycles. The standard InChI is InChI=1S/C14H13Cl3O2/c1-3-18-13-7-11(15)10(6-12(13)16)14(17)9-4-5-19-8(9)2/h4-7,14H,3H2,1-2H3. The number of hydrogen-bond donors (Lipinski definition) is 0. The Labute approximate surface area is 127 Å². The van der Waals surface area contributed by atoms with Crippen molar-refractivity contribution in [2.75, 3.05) is 6.61 Å². The molecule has 0 aliphatic heterocycles. The number of aryl methyl sites for hydroxylation is 1. The molecule has 19 heavy (non-hydrogen) atoms. The third-order valence-corrected chi connectivity index (χ3v) is 3.89. The topological polar surface area (TPSA) is 22.4 Å². The Bertz CT molecular complexity index is 578. The molecule has 5 heteroatoms. The molecule has 2 nitrogen and oxygen atoms in total. The van der Waals surface area contributed by atoms with Gasteiger partial charge in [-0.2, -0.15) is 0 Å². The quantitative estimate of drug-likeness (QED) is 0.682. The molecule has 0 N–H and O–H groups in total. The molecular weight excluding hydrogens is 307 g/mol. The van der Waals surface area contributed by atoms with E-state index in [1.165, 1.54) is 0 Å². The first kappa shape index (κ1) is 14.6. The lowest BCUT2D eigenvalue weighted by atomic mass is 10.0. The highest BCUT2D eigenvalue weighted by atomic mass is 35.5. The molecule has 0 saturated carbocycles. The van der Waals surface area contributed by atoms with Crippen LogP contribution >= 0.6 is 34.8 Å². The maximum atomic E-state index is 6.44. The molecule has 2 rings (SSSR count). The molecule has 0 bridgehead atoms. The SMILES string of the molecule is CCOc1cc(Cl)c(C(Cl)c2ccoc2C)cc1Cl. The lowest BCUT2D eigenvalue weighted by molar-refractivity contribution is 0.340. The van der Waals surface area contributed by atoms with Crippen molar-refractivity contribution in [2.24, 2.45) is 0 Å². The van der Waals surface area contributed by atoms with Crippen LogP contribution in [-0.4, -0.2) is 6.61 Å². The van der Waals surface area contributed by atoms with Gasteiger partial charge in [-0.15, -0.1) is 11.6 Å². The minimum absolute atomic E-state index is 0.403. The number of halogens is 3. The van der Waals surface area contributed by atoms with Gasteiger partial charge in [0.25, 0.3) is 0 Å². The number of furan rings is 1. The number of hydrogen-bond acceptors (Lipinski definition) is 2. The normalized spacial score (nSPS) is 12.5. The summed E-state index contributed by atoms with van der Waals surface area (Å²) in [4.78, 5) is 0. The van der Waals surface area contributed by atoms with E-state index in [-0.39, 0.29) is 0 Å². The van der Waals surface area contributed by atoms with Gasteiger partial charge in [-0.1, -0.05) is 23.2 Å². The highest BCUT2D eigenvalue weighted by Crippen LogP contribution is 2.40. The maximum Gasteiger partial charge on any atom is 0.139 e. The van der Waals surface area contributed by atoms with Crippen molar-refractivity contribution < 1.29 is 9.15 Å². The number of alkyl halides is 1. The molecule has 102 valence electrons. The van der Waals surface area contributed by atoms with E-state index in [1.54, 1.807) is 18.4 Å². The van der Waals surface area contributed by atoms with Gasteiger partial charge in [0.1, 0.15) is 11.5 Å². The second-order valence-corrected chi connectivity index (χ2v) is 5.28. The summed E-state index contributed by atoms with van der Waals surface area (Å²) in [7, 11) is 0. The Kier molecular flexibility index (Phi) is 4.67. The van der Waals surface area contributed by atoms with E-state index < -0.39 is 5.38 Å². The molecule has 1 unspecified atom stereocenters. The predicted molar refractivity (Wildman–Crippen MR) is 78.8 cm³/mol. The molecule has 0 aliphatic rings. The van der Waals surface area contributed by atoms with Crippen molar-refractivity contribution in [3.8, 4) is 5.75 Å². The Morgan fingerprint density at radius 1 is 1.21 bits per heavy atom. The van der Waals surface area contributed by atoms with Crippen molar-refractivity contribution in [2.45, 2.75) is 19.2 Å². The van der Waals surface area contributed by atoms with Crippen molar-refractivity contribution >= 4 is 34.8 Å². The van der Waals surface area contributed by atoms with E-state index in [0.717, 1.165) is 16.9 Å². The largest absolute Gasteiger partial charge is 0.492 e. The summed E-state index contributed by atoms with van der Waals surface area (Å²) in [6.07, 6.45) is 1.60. The zero-order valence-corrected chi connectivity index (χ0v) is 12.8. The van der Waals surface area contributed by atoms with Gasteiger partial charge < -0.3 is 9.15 Å². The molecule has 0 spiro atoms. The van der Waals surface area contributed by atoms with Gasteiger partial charge in [-0.25, -0.2) is 0 Å². The van der Waals surface area contributed by atoms with Gasteiger partial charge in [0, 0.05) is 16.7 Å². The maximum absolute atomic E-state index is 6.44. The smallest absolute Gasteiger partial charge is 0.139 e. The van der Waals surface area contributed by atoms with Gasteiger partial charge >= 0.3 is 0 Å². The highest BCUT2D eigenvalue weighted by Gasteiger charge is 2.20. The number of ether oxygens (including phenoxy) is 1. The van der Waals surface area contributed by atoms with Crippen LogP contribution in [0.2, 0.25) is 10.0 Å². The average Bonchev–Trinajstić information content (AvgIpc) is 2.79. The van der Waals surface area contributed by atoms with Crippen molar-refractivity contribution in [1.29, 1.82) is 0 Å². The lowest BCUT2D eigenvalue weighted by Gasteiger charge is -2.14. The molecule has 1 atom stereocenters. The average molecular weight is 320 g/mol. The van der Waals surface area contributed by atoms with Crippen LogP contribution in [-0.2, 0) is 0 Å². The minimum atomic E-state index is -0.403. The van der Waals surface area contributed by atoms with E-state index in [2.05, 4.69) is 0 Å². The summed E-state index contributed by atoms with van der Waals surface area (Å²) >= 11 is 18.8. The highest BCUT2D eigenvalue weighted by molar-refractivity contribution is 6.36. The fourth-order valence-corrected chi connectivity index (χ4v) is 2.78. The van der Waals surface area contributed by atoms with Crippen LogP contribution in [0.5, 0.6) is 5.75 Å². The van der Waals surface area contributed by atoms with E-state index in [4.69, 9.17) is 44.0 Å². The second kappa shape index (κ2) is 6.08. The Balaban J connectivity index is 2.40. The van der Waals surface area contributed by atoms with Gasteiger partial charge in [-0.3, -0.25) is 0 Å². The third-order valence-electron chi connectivity index (χ3n) is 2.80. The van der Waals surface area contributed by atoms with Crippen molar-refractivity contribution in [3.63, 3.8) is 0 Å². The zero-order valence-electron chi connectivity index (χ0n) is 10.5. The van der Waals surface area contributed by atoms with E-state index in [9.17, 15) is 0 Å². The van der Waals surface area contributed by atoms with E-state index in [0.29, 0.717) is 22.4 Å². The van der Waals surface area contributed by atoms with Gasteiger partial charge in [-0.05, 0) is 31.5 Å². The molecule has 2 aromatic rings. The molecule has 1 aromatic carbocycles. The van der Waals surface area contributed by atoms with Crippen LogP contribution in [0.1, 0.15) is 29.2 Å². The summed E-state index contributed by atoms with van der Waals surface area (Å²) in [5.41, 5.74) is 1.62. The van der Waals surface area contributed by atoms with Crippen LogP contribution in [0.15, 0.2) is 28.9 Å². The second-order valence-electron chi connectivity index (χ2n) is 4.03. The monoisotopic (exact) mass is 318 g/mol. The molecular formula is C14H13Cl3O2. The zero-order chi connectivity index (χ0) is 14.0. The number of benzene rings is 1. The van der Waals surface area contributed by atoms with Crippen LogP contribution in [0.3, 0.4) is 0 Å². The summed E-state index contributed by atoms with van der Waals surface area (Å²) in [6, 6.07) is 5.25. The molecule has 1 aromatic heterocycles. The van der Waals surface area contributed by atoms with Crippen LogP contribution in [0.25, 0.3) is 0 Å². The Hall–Kier alpha value is -0.830. The van der Waals surface area contributed by atoms with Gasteiger partial charge in [0.05, 0.1) is 23.3 Å². The van der Waals surface area contributed by atoms with Crippen LogP contribution < -0.4 is 4.74 Å².